The van der Waals surface area contributed by atoms with E-state index in [9.17, 15) is 18.0 Å². The Morgan fingerprint density at radius 3 is 2.55 bits per heavy atom. The molecule has 2 aliphatic heterocycles. The first-order valence-electron chi connectivity index (χ1n) is 10.4. The Bertz CT molecular complexity index is 1160. The number of anilines is 1. The lowest BCUT2D eigenvalue weighted by Crippen LogP contribution is -2.36. The van der Waals surface area contributed by atoms with E-state index in [1.54, 1.807) is 21.9 Å². The summed E-state index contributed by atoms with van der Waals surface area (Å²) in [5.74, 6) is -0.538. The monoisotopic (exact) mass is 504 g/mol. The zero-order valence-corrected chi connectivity index (χ0v) is 20.0. The van der Waals surface area contributed by atoms with Gasteiger partial charge in [0, 0.05) is 42.6 Å². The summed E-state index contributed by atoms with van der Waals surface area (Å²) in [5.41, 5.74) is 3.94. The summed E-state index contributed by atoms with van der Waals surface area (Å²) in [4.78, 5) is 28.3. The molecule has 2 amide bonds. The number of sulfone groups is 1. The normalized spacial score (nSPS) is 18.0. The molecule has 2 aromatic carbocycles. The zero-order chi connectivity index (χ0) is 22.3. The van der Waals surface area contributed by atoms with Gasteiger partial charge >= 0.3 is 0 Å². The predicted octanol–water partition coefficient (Wildman–Crippen LogP) is 3.50. The first-order chi connectivity index (χ1) is 14.7. The first kappa shape index (κ1) is 22.0. The minimum absolute atomic E-state index is 0.0130. The van der Waals surface area contributed by atoms with E-state index in [0.29, 0.717) is 29.7 Å². The lowest BCUT2D eigenvalue weighted by molar-refractivity contribution is -0.131. The smallest absolute Gasteiger partial charge is 0.224 e. The maximum atomic E-state index is 13.1. The van der Waals surface area contributed by atoms with Gasteiger partial charge < -0.3 is 9.80 Å². The molecule has 2 heterocycles. The number of hydrogen-bond acceptors (Lipinski definition) is 4. The number of amides is 2. The van der Waals surface area contributed by atoms with Crippen LogP contribution in [0.5, 0.6) is 0 Å². The molecule has 2 aromatic rings. The molecule has 0 saturated heterocycles. The average Bonchev–Trinajstić information content (AvgIpc) is 3.05. The zero-order valence-electron chi connectivity index (χ0n) is 17.6. The van der Waals surface area contributed by atoms with Gasteiger partial charge in [0.1, 0.15) is 0 Å². The van der Waals surface area contributed by atoms with E-state index in [2.05, 4.69) is 22.0 Å². The Balaban J connectivity index is 1.50. The highest BCUT2D eigenvalue weighted by Gasteiger charge is 2.32. The number of halogens is 1. The van der Waals surface area contributed by atoms with Crippen molar-refractivity contribution >= 4 is 43.3 Å². The lowest BCUT2D eigenvalue weighted by Gasteiger charge is -2.29. The van der Waals surface area contributed by atoms with Crippen LogP contribution < -0.4 is 4.90 Å². The Morgan fingerprint density at radius 1 is 1.13 bits per heavy atom. The van der Waals surface area contributed by atoms with Gasteiger partial charge in [-0.3, -0.25) is 9.59 Å². The number of hydrogen-bond donors (Lipinski definition) is 0. The summed E-state index contributed by atoms with van der Waals surface area (Å²) in [7, 11) is -3.71. The summed E-state index contributed by atoms with van der Waals surface area (Å²) in [6.45, 7) is 4.54. The van der Waals surface area contributed by atoms with Crippen molar-refractivity contribution in [3.8, 4) is 0 Å². The molecule has 0 spiro atoms. The number of rotatable bonds is 4. The average molecular weight is 505 g/mol. The molecule has 0 N–H and O–H groups in total. The fourth-order valence-electron chi connectivity index (χ4n) is 4.54. The van der Waals surface area contributed by atoms with Gasteiger partial charge in [-0.25, -0.2) is 8.42 Å². The molecule has 0 aromatic heterocycles. The first-order valence-corrected chi connectivity index (χ1v) is 12.8. The summed E-state index contributed by atoms with van der Waals surface area (Å²) < 4.78 is 26.7. The van der Waals surface area contributed by atoms with E-state index in [0.717, 1.165) is 17.5 Å². The van der Waals surface area contributed by atoms with Crippen molar-refractivity contribution in [3.05, 3.63) is 57.6 Å². The van der Waals surface area contributed by atoms with Gasteiger partial charge in [-0.05, 0) is 64.5 Å². The van der Waals surface area contributed by atoms with Gasteiger partial charge in [-0.2, -0.15) is 0 Å². The fourth-order valence-corrected chi connectivity index (χ4v) is 6.98. The molecule has 0 fully saturated rings. The van der Waals surface area contributed by atoms with Crippen molar-refractivity contribution in [2.45, 2.75) is 50.6 Å². The van der Waals surface area contributed by atoms with Crippen molar-refractivity contribution < 1.29 is 18.0 Å². The Morgan fingerprint density at radius 2 is 1.84 bits per heavy atom. The second-order valence-corrected chi connectivity index (χ2v) is 11.2. The fraction of sp³-hybridized carbons (Fsp3) is 0.391. The van der Waals surface area contributed by atoms with Crippen molar-refractivity contribution in [2.75, 3.05) is 17.2 Å². The van der Waals surface area contributed by atoms with Crippen LogP contribution in [-0.2, 0) is 38.8 Å². The van der Waals surface area contributed by atoms with Gasteiger partial charge in [0.2, 0.25) is 11.8 Å². The molecule has 2 aliphatic rings. The molecular formula is C23H25BrN2O4S. The largest absolute Gasteiger partial charge is 0.338 e. The minimum atomic E-state index is -3.71. The molecule has 164 valence electrons. The predicted molar refractivity (Wildman–Crippen MR) is 123 cm³/mol. The Kier molecular flexibility index (Phi) is 5.96. The van der Waals surface area contributed by atoms with E-state index in [-0.39, 0.29) is 34.9 Å². The number of carbonyl (C=O) groups excluding carboxylic acids is 2. The standard InChI is InChI=1S/C23H25BrN2O4S/c1-15-11-19-12-20(24)22(13-21(19)26(15)16(2)27)31(29,30)10-8-23(28)25-9-7-17-5-3-4-6-18(17)14-25/h3-6,12-13,15H,7-11,14H2,1-2H3. The molecule has 1 unspecified atom stereocenters. The van der Waals surface area contributed by atoms with Gasteiger partial charge in [0.15, 0.2) is 9.84 Å². The van der Waals surface area contributed by atoms with Crippen molar-refractivity contribution in [2.24, 2.45) is 0 Å². The van der Waals surface area contributed by atoms with E-state index in [1.165, 1.54) is 12.5 Å². The van der Waals surface area contributed by atoms with Crippen LogP contribution in [0, 0.1) is 0 Å². The van der Waals surface area contributed by atoms with Gasteiger partial charge in [0.05, 0.1) is 10.6 Å². The highest BCUT2D eigenvalue weighted by Crippen LogP contribution is 2.38. The van der Waals surface area contributed by atoms with Crippen LogP contribution in [0.25, 0.3) is 0 Å². The second kappa shape index (κ2) is 8.39. The van der Waals surface area contributed by atoms with Crippen LogP contribution in [-0.4, -0.2) is 43.5 Å². The summed E-state index contributed by atoms with van der Waals surface area (Å²) >= 11 is 3.39. The third kappa shape index (κ3) is 4.28. The maximum Gasteiger partial charge on any atom is 0.224 e. The van der Waals surface area contributed by atoms with E-state index in [1.807, 2.05) is 25.1 Å². The Hall–Kier alpha value is -2.19. The number of benzene rings is 2. The summed E-state index contributed by atoms with van der Waals surface area (Å²) in [6.07, 6.45) is 1.40. The highest BCUT2D eigenvalue weighted by molar-refractivity contribution is 9.10. The number of nitrogens with zero attached hydrogens (tertiary/aromatic N) is 2. The minimum Gasteiger partial charge on any atom is -0.338 e. The number of fused-ring (bicyclic) bond motifs is 2. The third-order valence-electron chi connectivity index (χ3n) is 6.09. The molecule has 1 atom stereocenters. The molecule has 0 aliphatic carbocycles. The van der Waals surface area contributed by atoms with Crippen LogP contribution in [0.3, 0.4) is 0 Å². The molecule has 0 bridgehead atoms. The molecule has 31 heavy (non-hydrogen) atoms. The van der Waals surface area contributed by atoms with Crippen LogP contribution in [0.1, 0.15) is 37.0 Å². The van der Waals surface area contributed by atoms with Crippen LogP contribution in [0.4, 0.5) is 5.69 Å². The van der Waals surface area contributed by atoms with Gasteiger partial charge in [-0.15, -0.1) is 0 Å². The van der Waals surface area contributed by atoms with Crippen molar-refractivity contribution in [3.63, 3.8) is 0 Å². The second-order valence-electron chi connectivity index (χ2n) is 8.26. The number of carbonyl (C=O) groups is 2. The van der Waals surface area contributed by atoms with E-state index in [4.69, 9.17) is 0 Å². The molecule has 8 heteroatoms. The molecule has 0 radical (unpaired) electrons. The third-order valence-corrected chi connectivity index (χ3v) is 8.76. The molecule has 0 saturated carbocycles. The highest BCUT2D eigenvalue weighted by atomic mass is 79.9. The quantitative estimate of drug-likeness (QED) is 0.638. The summed E-state index contributed by atoms with van der Waals surface area (Å²) in [5, 5.41) is 0. The van der Waals surface area contributed by atoms with Crippen LogP contribution >= 0.6 is 15.9 Å². The summed E-state index contributed by atoms with van der Waals surface area (Å²) in [6, 6.07) is 11.4. The van der Waals surface area contributed by atoms with Gasteiger partial charge in [-0.1, -0.05) is 24.3 Å². The van der Waals surface area contributed by atoms with Crippen LogP contribution in [0.15, 0.2) is 45.8 Å². The molecular weight excluding hydrogens is 480 g/mol. The lowest BCUT2D eigenvalue weighted by atomic mass is 10.00. The van der Waals surface area contributed by atoms with Crippen LogP contribution in [0.2, 0.25) is 0 Å². The topological polar surface area (TPSA) is 74.8 Å². The van der Waals surface area contributed by atoms with Crippen molar-refractivity contribution in [1.29, 1.82) is 0 Å². The SMILES string of the molecule is CC(=O)N1c2cc(S(=O)(=O)CCC(=O)N3CCc4ccccc4C3)c(Br)cc2CC1C. The van der Waals surface area contributed by atoms with E-state index < -0.39 is 9.84 Å². The molecule has 4 rings (SSSR count). The van der Waals surface area contributed by atoms with Crippen molar-refractivity contribution in [1.82, 2.24) is 4.90 Å². The molecule has 6 nitrogen and oxygen atoms in total. The Labute approximate surface area is 191 Å². The van der Waals surface area contributed by atoms with E-state index >= 15 is 0 Å². The van der Waals surface area contributed by atoms with Gasteiger partial charge in [0.25, 0.3) is 0 Å². The maximum absolute atomic E-state index is 13.1.